The van der Waals surface area contributed by atoms with Gasteiger partial charge in [0.15, 0.2) is 0 Å². The van der Waals surface area contributed by atoms with Crippen molar-refractivity contribution in [3.8, 4) is 0 Å². The molecule has 0 saturated heterocycles. The lowest BCUT2D eigenvalue weighted by Crippen LogP contribution is -2.31. The van der Waals surface area contributed by atoms with Gasteiger partial charge in [-0.3, -0.25) is 4.99 Å². The van der Waals surface area contributed by atoms with E-state index in [1.165, 1.54) is 44.4 Å². The van der Waals surface area contributed by atoms with Gasteiger partial charge < -0.3 is 4.90 Å². The van der Waals surface area contributed by atoms with Crippen molar-refractivity contribution >= 4 is 5.84 Å². The van der Waals surface area contributed by atoms with Crippen molar-refractivity contribution in [2.75, 3.05) is 20.6 Å². The zero-order valence-corrected chi connectivity index (χ0v) is 11.5. The molecular formula is C14H28N2. The van der Waals surface area contributed by atoms with Crippen molar-refractivity contribution in [2.45, 2.75) is 52.4 Å². The highest BCUT2D eigenvalue weighted by atomic mass is 15.1. The normalized spacial score (nSPS) is 19.2. The van der Waals surface area contributed by atoms with E-state index in [1.807, 2.05) is 0 Å². The van der Waals surface area contributed by atoms with Crippen molar-refractivity contribution in [1.82, 2.24) is 4.90 Å². The third kappa shape index (κ3) is 4.54. The van der Waals surface area contributed by atoms with Gasteiger partial charge in [-0.25, -0.2) is 0 Å². The largest absolute Gasteiger partial charge is 0.366 e. The van der Waals surface area contributed by atoms with E-state index in [-0.39, 0.29) is 0 Å². The highest BCUT2D eigenvalue weighted by molar-refractivity contribution is 5.84. The van der Waals surface area contributed by atoms with Crippen molar-refractivity contribution in [3.05, 3.63) is 0 Å². The molecule has 1 aliphatic rings. The van der Waals surface area contributed by atoms with Gasteiger partial charge in [-0.05, 0) is 25.2 Å². The van der Waals surface area contributed by atoms with Crippen LogP contribution >= 0.6 is 0 Å². The fourth-order valence-corrected chi connectivity index (χ4v) is 2.43. The molecule has 16 heavy (non-hydrogen) atoms. The molecule has 0 aliphatic heterocycles. The second-order valence-electron chi connectivity index (χ2n) is 5.65. The van der Waals surface area contributed by atoms with Gasteiger partial charge in [0.25, 0.3) is 0 Å². The minimum Gasteiger partial charge on any atom is -0.366 e. The Morgan fingerprint density at radius 1 is 1.19 bits per heavy atom. The fourth-order valence-electron chi connectivity index (χ4n) is 2.43. The average molecular weight is 224 g/mol. The molecule has 0 spiro atoms. The molecule has 0 amide bonds. The standard InChI is InChI=1S/C14H28N2/c1-12(2)10-11-15-14(16(3)4)13-8-6-5-7-9-13/h12-13H,5-11H2,1-4H3. The molecule has 1 saturated carbocycles. The third-order valence-electron chi connectivity index (χ3n) is 3.41. The number of hydrogen-bond acceptors (Lipinski definition) is 1. The summed E-state index contributed by atoms with van der Waals surface area (Å²) in [6.07, 6.45) is 8.11. The molecule has 0 radical (unpaired) electrons. The van der Waals surface area contributed by atoms with Gasteiger partial charge in [-0.1, -0.05) is 33.1 Å². The van der Waals surface area contributed by atoms with E-state index < -0.39 is 0 Å². The lowest BCUT2D eigenvalue weighted by Gasteiger charge is -2.28. The van der Waals surface area contributed by atoms with E-state index in [4.69, 9.17) is 4.99 Å². The molecule has 0 aromatic heterocycles. The molecule has 0 heterocycles. The summed E-state index contributed by atoms with van der Waals surface area (Å²) in [6, 6.07) is 0. The molecule has 1 fully saturated rings. The molecule has 0 atom stereocenters. The molecule has 0 N–H and O–H groups in total. The summed E-state index contributed by atoms with van der Waals surface area (Å²) in [4.78, 5) is 7.06. The molecule has 0 aromatic carbocycles. The van der Waals surface area contributed by atoms with E-state index >= 15 is 0 Å². The summed E-state index contributed by atoms with van der Waals surface area (Å²) in [5, 5.41) is 0. The average Bonchev–Trinajstić information content (AvgIpc) is 2.25. The van der Waals surface area contributed by atoms with Crippen molar-refractivity contribution < 1.29 is 0 Å². The summed E-state index contributed by atoms with van der Waals surface area (Å²) in [5.74, 6) is 2.84. The van der Waals surface area contributed by atoms with Gasteiger partial charge in [0.1, 0.15) is 5.84 Å². The number of hydrogen-bond donors (Lipinski definition) is 0. The Morgan fingerprint density at radius 2 is 1.81 bits per heavy atom. The van der Waals surface area contributed by atoms with Gasteiger partial charge in [-0.15, -0.1) is 0 Å². The van der Waals surface area contributed by atoms with Gasteiger partial charge >= 0.3 is 0 Å². The first kappa shape index (κ1) is 13.5. The van der Waals surface area contributed by atoms with Crippen LogP contribution in [0.4, 0.5) is 0 Å². The number of aliphatic imine (C=N–C) groups is 1. The minimum atomic E-state index is 0.732. The highest BCUT2D eigenvalue weighted by Crippen LogP contribution is 2.25. The van der Waals surface area contributed by atoms with E-state index in [1.54, 1.807) is 0 Å². The molecule has 2 heteroatoms. The lowest BCUT2D eigenvalue weighted by molar-refractivity contribution is 0.405. The summed E-state index contributed by atoms with van der Waals surface area (Å²) in [7, 11) is 4.28. The molecule has 2 nitrogen and oxygen atoms in total. The van der Waals surface area contributed by atoms with Crippen LogP contribution in [0.2, 0.25) is 0 Å². The summed E-state index contributed by atoms with van der Waals surface area (Å²) in [6.45, 7) is 5.54. The van der Waals surface area contributed by atoms with E-state index in [2.05, 4.69) is 32.8 Å². The van der Waals surface area contributed by atoms with Crippen molar-refractivity contribution in [1.29, 1.82) is 0 Å². The van der Waals surface area contributed by atoms with E-state index in [0.717, 1.165) is 18.4 Å². The summed E-state index contributed by atoms with van der Waals surface area (Å²) < 4.78 is 0. The van der Waals surface area contributed by atoms with Crippen LogP contribution in [0.5, 0.6) is 0 Å². The lowest BCUT2D eigenvalue weighted by atomic mass is 9.88. The SMILES string of the molecule is CC(C)CCN=C(C1CCCCC1)N(C)C. The predicted molar refractivity (Wildman–Crippen MR) is 72.0 cm³/mol. The van der Waals surface area contributed by atoms with Crippen LogP contribution < -0.4 is 0 Å². The minimum absolute atomic E-state index is 0.732. The second-order valence-corrected chi connectivity index (χ2v) is 5.65. The molecule has 94 valence electrons. The van der Waals surface area contributed by atoms with E-state index in [9.17, 15) is 0 Å². The highest BCUT2D eigenvalue weighted by Gasteiger charge is 2.20. The number of nitrogens with zero attached hydrogens (tertiary/aromatic N) is 2. The van der Waals surface area contributed by atoms with Crippen LogP contribution in [-0.2, 0) is 0 Å². The fraction of sp³-hybridized carbons (Fsp3) is 0.929. The molecular weight excluding hydrogens is 196 g/mol. The van der Waals surface area contributed by atoms with Gasteiger partial charge in [0.05, 0.1) is 0 Å². The van der Waals surface area contributed by atoms with Gasteiger partial charge in [0.2, 0.25) is 0 Å². The predicted octanol–water partition coefficient (Wildman–Crippen LogP) is 3.57. The monoisotopic (exact) mass is 224 g/mol. The molecule has 0 bridgehead atoms. The quantitative estimate of drug-likeness (QED) is 0.526. The molecule has 1 rings (SSSR count). The van der Waals surface area contributed by atoms with Gasteiger partial charge in [-0.2, -0.15) is 0 Å². The summed E-state index contributed by atoms with van der Waals surface area (Å²) in [5.41, 5.74) is 0. The number of amidine groups is 1. The van der Waals surface area contributed by atoms with Crippen LogP contribution in [0.3, 0.4) is 0 Å². The maximum Gasteiger partial charge on any atom is 0.101 e. The van der Waals surface area contributed by atoms with Gasteiger partial charge in [0, 0.05) is 26.6 Å². The Labute approximate surface area is 101 Å². The Bertz CT molecular complexity index is 213. The molecule has 1 aliphatic carbocycles. The van der Waals surface area contributed by atoms with E-state index in [0.29, 0.717) is 0 Å². The van der Waals surface area contributed by atoms with Crippen LogP contribution in [0.15, 0.2) is 4.99 Å². The Balaban J connectivity index is 2.51. The topological polar surface area (TPSA) is 15.6 Å². The molecule has 0 unspecified atom stereocenters. The number of rotatable bonds is 4. The first-order valence-electron chi connectivity index (χ1n) is 6.83. The third-order valence-corrected chi connectivity index (χ3v) is 3.41. The first-order valence-corrected chi connectivity index (χ1v) is 6.83. The molecule has 0 aromatic rings. The van der Waals surface area contributed by atoms with Crippen molar-refractivity contribution in [2.24, 2.45) is 16.8 Å². The van der Waals surface area contributed by atoms with Crippen LogP contribution in [0.1, 0.15) is 52.4 Å². The van der Waals surface area contributed by atoms with Crippen molar-refractivity contribution in [3.63, 3.8) is 0 Å². The zero-order chi connectivity index (χ0) is 12.0. The first-order chi connectivity index (χ1) is 7.61. The Morgan fingerprint density at radius 3 is 2.31 bits per heavy atom. The smallest absolute Gasteiger partial charge is 0.101 e. The maximum absolute atomic E-state index is 4.83. The van der Waals surface area contributed by atoms with Crippen LogP contribution in [-0.4, -0.2) is 31.4 Å². The van der Waals surface area contributed by atoms with Crippen LogP contribution in [0, 0.1) is 11.8 Å². The Kier molecular flexibility index (Phi) is 5.86. The zero-order valence-electron chi connectivity index (χ0n) is 11.5. The Hall–Kier alpha value is -0.530. The summed E-state index contributed by atoms with van der Waals surface area (Å²) >= 11 is 0. The maximum atomic E-state index is 4.83. The second kappa shape index (κ2) is 6.93. The van der Waals surface area contributed by atoms with Crippen LogP contribution in [0.25, 0.3) is 0 Å².